The van der Waals surface area contributed by atoms with Crippen LogP contribution >= 0.6 is 0 Å². The van der Waals surface area contributed by atoms with Crippen LogP contribution in [0.5, 0.6) is 5.75 Å². The number of benzene rings is 1. The second-order valence-electron chi connectivity index (χ2n) is 16.9. The van der Waals surface area contributed by atoms with E-state index in [-0.39, 0.29) is 35.3 Å². The third kappa shape index (κ3) is 6.45. The van der Waals surface area contributed by atoms with E-state index in [0.29, 0.717) is 83.0 Å². The van der Waals surface area contributed by atoms with Crippen molar-refractivity contribution in [1.82, 2.24) is 25.3 Å². The average molecular weight is 762 g/mol. The lowest BCUT2D eigenvalue weighted by molar-refractivity contribution is -0.163. The predicted molar refractivity (Wildman–Crippen MR) is 194 cm³/mol. The number of hydrogen-bond acceptors (Lipinski definition) is 10. The third-order valence-electron chi connectivity index (χ3n) is 13.4. The van der Waals surface area contributed by atoms with E-state index in [2.05, 4.69) is 30.6 Å². The number of nitrogens with one attached hydrogen (secondary N) is 2. The van der Waals surface area contributed by atoms with Crippen LogP contribution in [0.3, 0.4) is 0 Å². The Hall–Kier alpha value is -4.53. The number of carbonyl (C=O) groups is 2. The van der Waals surface area contributed by atoms with Gasteiger partial charge in [0.15, 0.2) is 5.82 Å². The van der Waals surface area contributed by atoms with Crippen LogP contribution in [-0.4, -0.2) is 74.4 Å². The molecule has 0 radical (unpaired) electrons. The maximum absolute atomic E-state index is 15.5. The lowest BCUT2D eigenvalue weighted by Gasteiger charge is -2.59. The minimum absolute atomic E-state index is 0.0103. The van der Waals surface area contributed by atoms with Crippen molar-refractivity contribution in [2.75, 3.05) is 30.0 Å². The van der Waals surface area contributed by atoms with Crippen LogP contribution in [0, 0.1) is 29.5 Å². The molecule has 1 aromatic carbocycles. The third-order valence-corrected chi connectivity index (χ3v) is 13.4. The Morgan fingerprint density at radius 3 is 2.27 bits per heavy atom. The molecular weight excluding hydrogens is 715 g/mol. The van der Waals surface area contributed by atoms with Crippen LogP contribution in [0.4, 0.5) is 30.8 Å². The molecule has 5 aliphatic carbocycles. The van der Waals surface area contributed by atoms with Gasteiger partial charge < -0.3 is 30.1 Å². The van der Waals surface area contributed by atoms with Gasteiger partial charge in [-0.2, -0.15) is 8.78 Å². The minimum atomic E-state index is -3.51. The van der Waals surface area contributed by atoms with Crippen LogP contribution in [0.2, 0.25) is 0 Å². The second-order valence-corrected chi connectivity index (χ2v) is 16.9. The Bertz CT molecular complexity index is 1930. The molecule has 12 nitrogen and oxygen atoms in total. The highest BCUT2D eigenvalue weighted by Gasteiger charge is 2.62. The molecule has 5 saturated carbocycles. The van der Waals surface area contributed by atoms with Crippen molar-refractivity contribution >= 4 is 29.5 Å². The van der Waals surface area contributed by atoms with Gasteiger partial charge in [-0.05, 0) is 118 Å². The smallest absolute Gasteiger partial charge is 0.330 e. The van der Waals surface area contributed by atoms with E-state index in [1.807, 2.05) is 23.1 Å². The molecule has 1 spiro atoms. The molecule has 0 atom stereocenters. The molecule has 3 N–H and O–H groups in total. The largest absolute Gasteiger partial charge is 0.490 e. The van der Waals surface area contributed by atoms with E-state index >= 15 is 8.78 Å². The number of ether oxygens (including phenoxy) is 2. The maximum atomic E-state index is 15.5. The molecule has 4 bridgehead atoms. The number of carboxylic acid groups (broad SMARTS) is 1. The summed E-state index contributed by atoms with van der Waals surface area (Å²) >= 11 is 0. The Morgan fingerprint density at radius 2 is 1.64 bits per heavy atom. The summed E-state index contributed by atoms with van der Waals surface area (Å²) in [4.78, 5) is 45.7. The van der Waals surface area contributed by atoms with Gasteiger partial charge in [0.1, 0.15) is 17.0 Å². The predicted octanol–water partition coefficient (Wildman–Crippen LogP) is 6.53. The molecule has 10 rings (SSSR count). The number of hydrogen-bond donors (Lipinski definition) is 3. The number of amides is 1. The van der Waals surface area contributed by atoms with Crippen molar-refractivity contribution < 1.29 is 37.3 Å². The van der Waals surface area contributed by atoms with Crippen LogP contribution in [0.1, 0.15) is 99.2 Å². The first-order chi connectivity index (χ1) is 26.4. The molecule has 292 valence electrons. The molecule has 1 amide bonds. The quantitative estimate of drug-likeness (QED) is 0.218. The highest BCUT2D eigenvalue weighted by atomic mass is 19.3. The molecule has 3 aromatic rings. The summed E-state index contributed by atoms with van der Waals surface area (Å²) in [6, 6.07) is 6.00. The van der Waals surface area contributed by atoms with Crippen LogP contribution in [0.15, 0.2) is 36.8 Å². The highest BCUT2D eigenvalue weighted by molar-refractivity contribution is 5.99. The van der Waals surface area contributed by atoms with E-state index in [0.717, 1.165) is 67.7 Å². The first-order valence-corrected chi connectivity index (χ1v) is 19.6. The average Bonchev–Trinajstić information content (AvgIpc) is 3.46. The maximum Gasteiger partial charge on any atom is 0.330 e. The molecular formula is C40H46F3N7O5. The van der Waals surface area contributed by atoms with Crippen molar-refractivity contribution in [2.45, 2.75) is 107 Å². The van der Waals surface area contributed by atoms with Crippen LogP contribution in [0.25, 0.3) is 0 Å². The van der Waals surface area contributed by atoms with E-state index in [9.17, 15) is 19.1 Å². The molecule has 6 fully saturated rings. The first kappa shape index (κ1) is 36.1. The molecule has 55 heavy (non-hydrogen) atoms. The van der Waals surface area contributed by atoms with Gasteiger partial charge >= 0.3 is 5.97 Å². The van der Waals surface area contributed by atoms with Gasteiger partial charge in [-0.15, -0.1) is 0 Å². The van der Waals surface area contributed by atoms with E-state index < -0.39 is 40.4 Å². The summed E-state index contributed by atoms with van der Waals surface area (Å²) in [5.74, 6) is -4.39. The number of nitrogens with zero attached hydrogens (tertiary/aromatic N) is 5. The fourth-order valence-corrected chi connectivity index (χ4v) is 11.0. The van der Waals surface area contributed by atoms with E-state index in [4.69, 9.17) is 9.47 Å². The molecule has 2 aliphatic heterocycles. The zero-order valence-electron chi connectivity index (χ0n) is 30.8. The number of aliphatic carboxylic acids is 1. The molecule has 1 saturated heterocycles. The number of alkyl halides is 2. The van der Waals surface area contributed by atoms with E-state index in [1.54, 1.807) is 0 Å². The molecule has 0 unspecified atom stereocenters. The number of fused-ring (bicyclic) bond motifs is 2. The summed E-state index contributed by atoms with van der Waals surface area (Å²) in [6.45, 7) is 2.22. The Kier molecular flexibility index (Phi) is 8.93. The standard InChI is InChI=1S/C40H46F3N7O5/c1-38(42,43)33-30(34(51)49-40(35(52)53)24-13-22-12-23(15-24)16-25(40)14-22)20-46-37(48-33)50-21-39(8-10-54-11-9-39)31-17-29(6-7-32(31)50)55-28-4-2-27(3-5-28)47-36-44-18-26(41)19-45-36/h6-7,17-20,22-25,27-28H,2-5,8-16,21H2,1H3,(H,49,51)(H,52,53)(H,44,45,47). The molecule has 2 aromatic heterocycles. The van der Waals surface area contributed by atoms with Gasteiger partial charge in [-0.3, -0.25) is 4.79 Å². The SMILES string of the molecule is CC(F)(F)c1nc(N2CC3(CCOCC3)c3cc(OC4CCC(Nc5ncc(F)cn5)CC4)ccc32)ncc1C(=O)NC1(C(=O)O)C2CC3CC(C2)CC1C3. The van der Waals surface area contributed by atoms with Crippen molar-refractivity contribution in [3.8, 4) is 5.75 Å². The van der Waals surface area contributed by atoms with E-state index in [1.165, 1.54) is 0 Å². The summed E-state index contributed by atoms with van der Waals surface area (Å²) in [7, 11) is 0. The second kappa shape index (κ2) is 13.6. The summed E-state index contributed by atoms with van der Waals surface area (Å²) < 4.78 is 56.4. The normalized spacial score (nSPS) is 30.6. The topological polar surface area (TPSA) is 152 Å². The van der Waals surface area contributed by atoms with Gasteiger partial charge in [0.25, 0.3) is 11.8 Å². The first-order valence-electron chi connectivity index (χ1n) is 19.6. The number of rotatable bonds is 9. The molecule has 7 aliphatic rings. The molecule has 4 heterocycles. The lowest BCUT2D eigenvalue weighted by atomic mass is 9.48. The summed E-state index contributed by atoms with van der Waals surface area (Å²) in [5.41, 5.74) is -1.21. The van der Waals surface area contributed by atoms with Gasteiger partial charge in [-0.25, -0.2) is 29.1 Å². The number of aromatic nitrogens is 4. The monoisotopic (exact) mass is 761 g/mol. The van der Waals surface area contributed by atoms with Gasteiger partial charge in [-0.1, -0.05) is 0 Å². The fourth-order valence-electron chi connectivity index (χ4n) is 11.0. The Morgan fingerprint density at radius 1 is 0.964 bits per heavy atom. The van der Waals surface area contributed by atoms with Gasteiger partial charge in [0.2, 0.25) is 11.9 Å². The zero-order valence-corrected chi connectivity index (χ0v) is 30.8. The van der Waals surface area contributed by atoms with Crippen LogP contribution in [-0.2, 0) is 20.9 Å². The number of carboxylic acids is 1. The van der Waals surface area contributed by atoms with Crippen molar-refractivity contribution in [1.29, 1.82) is 0 Å². The van der Waals surface area contributed by atoms with Crippen molar-refractivity contribution in [3.63, 3.8) is 0 Å². The van der Waals surface area contributed by atoms with Gasteiger partial charge in [0.05, 0.1) is 24.1 Å². The van der Waals surface area contributed by atoms with Crippen LogP contribution < -0.4 is 20.3 Å². The van der Waals surface area contributed by atoms with Gasteiger partial charge in [0, 0.05) is 50.0 Å². The Balaban J connectivity index is 0.960. The van der Waals surface area contributed by atoms with Crippen molar-refractivity contribution in [2.24, 2.45) is 23.7 Å². The number of anilines is 3. The minimum Gasteiger partial charge on any atom is -0.490 e. The highest BCUT2D eigenvalue weighted by Crippen LogP contribution is 2.58. The fraction of sp³-hybridized carbons (Fsp3) is 0.600. The molecule has 15 heteroatoms. The summed E-state index contributed by atoms with van der Waals surface area (Å²) in [6.07, 6.45) is 12.1. The summed E-state index contributed by atoms with van der Waals surface area (Å²) in [5, 5.41) is 16.6. The lowest BCUT2D eigenvalue weighted by Crippen LogP contribution is -2.70. The number of halogens is 3. The van der Waals surface area contributed by atoms with Crippen molar-refractivity contribution in [3.05, 3.63) is 59.4 Å². The zero-order chi connectivity index (χ0) is 38.1. The number of carbonyl (C=O) groups excluding carboxylic acids is 1. The Labute approximate surface area is 317 Å².